The van der Waals surface area contributed by atoms with Crippen LogP contribution < -0.4 is 9.47 Å². The number of aromatic amines is 1. The smallest absolute Gasteiger partial charge is 0.229 e. The minimum atomic E-state index is -1.50. The van der Waals surface area contributed by atoms with Gasteiger partial charge in [0.05, 0.1) is 13.2 Å². The minimum Gasteiger partial charge on any atom is -0.494 e. The van der Waals surface area contributed by atoms with E-state index in [2.05, 4.69) is 4.98 Å². The van der Waals surface area contributed by atoms with E-state index in [0.717, 1.165) is 27.8 Å². The predicted octanol–water partition coefficient (Wildman–Crippen LogP) is 1.34. The first-order valence-corrected chi connectivity index (χ1v) is 10.3. The summed E-state index contributed by atoms with van der Waals surface area (Å²) in [6.45, 7) is 2.04. The quantitative estimate of drug-likeness (QED) is 0.384. The fraction of sp³-hybridized carbons (Fsp3) is 0.391. The summed E-state index contributed by atoms with van der Waals surface area (Å²) >= 11 is 0. The molecule has 1 aromatic heterocycles. The van der Waals surface area contributed by atoms with Crippen molar-refractivity contribution in [3.63, 3.8) is 0 Å². The van der Waals surface area contributed by atoms with E-state index < -0.39 is 37.3 Å². The van der Waals surface area contributed by atoms with Gasteiger partial charge in [0, 0.05) is 17.1 Å². The zero-order valence-electron chi connectivity index (χ0n) is 17.1. The highest BCUT2D eigenvalue weighted by atomic mass is 16.7. The molecule has 0 aliphatic carbocycles. The van der Waals surface area contributed by atoms with Crippen LogP contribution in [0, 0.1) is 0 Å². The maximum absolute atomic E-state index is 10.3. The zero-order chi connectivity index (χ0) is 22.0. The van der Waals surface area contributed by atoms with E-state index >= 15 is 0 Å². The van der Waals surface area contributed by atoms with Gasteiger partial charge in [0.2, 0.25) is 6.29 Å². The molecule has 8 heteroatoms. The van der Waals surface area contributed by atoms with Crippen LogP contribution in [-0.2, 0) is 11.2 Å². The van der Waals surface area contributed by atoms with Crippen molar-refractivity contribution >= 4 is 10.9 Å². The number of benzene rings is 2. The fourth-order valence-electron chi connectivity index (χ4n) is 3.84. The summed E-state index contributed by atoms with van der Waals surface area (Å²) < 4.78 is 16.9. The number of aliphatic hydroxyl groups excluding tert-OH is 4. The molecule has 31 heavy (non-hydrogen) atoms. The van der Waals surface area contributed by atoms with Gasteiger partial charge in [-0.3, -0.25) is 0 Å². The lowest BCUT2D eigenvalue weighted by Crippen LogP contribution is -2.60. The Balaban J connectivity index is 1.60. The number of hydrogen-bond acceptors (Lipinski definition) is 7. The molecule has 0 bridgehead atoms. The third-order valence-corrected chi connectivity index (χ3v) is 5.47. The normalized spacial score (nSPS) is 26.2. The summed E-state index contributed by atoms with van der Waals surface area (Å²) in [5, 5.41) is 40.6. The highest BCUT2D eigenvalue weighted by molar-refractivity contribution is 5.89. The average molecular weight is 429 g/mol. The molecule has 0 amide bonds. The Kier molecular flexibility index (Phi) is 6.45. The molecule has 0 saturated carbocycles. The van der Waals surface area contributed by atoms with Crippen molar-refractivity contribution in [2.75, 3.05) is 13.2 Å². The first kappa shape index (κ1) is 21.6. The molecule has 2 heterocycles. The summed E-state index contributed by atoms with van der Waals surface area (Å²) in [6.07, 6.45) is -4.13. The highest BCUT2D eigenvalue weighted by Gasteiger charge is 2.44. The number of H-pyrrole nitrogens is 1. The van der Waals surface area contributed by atoms with Gasteiger partial charge in [0.25, 0.3) is 0 Å². The highest BCUT2D eigenvalue weighted by Crippen LogP contribution is 2.33. The summed E-state index contributed by atoms with van der Waals surface area (Å²) in [6, 6.07) is 13.3. The van der Waals surface area contributed by atoms with Crippen LogP contribution in [0.2, 0.25) is 0 Å². The maximum atomic E-state index is 10.3. The van der Waals surface area contributed by atoms with Crippen LogP contribution >= 0.6 is 0 Å². The van der Waals surface area contributed by atoms with Gasteiger partial charge >= 0.3 is 0 Å². The van der Waals surface area contributed by atoms with Crippen molar-refractivity contribution in [2.45, 2.75) is 44.1 Å². The van der Waals surface area contributed by atoms with Crippen LogP contribution in [0.15, 0.2) is 48.7 Å². The Morgan fingerprint density at radius 3 is 2.48 bits per heavy atom. The van der Waals surface area contributed by atoms with Crippen LogP contribution in [0.1, 0.15) is 18.1 Å². The Labute approximate surface area is 179 Å². The van der Waals surface area contributed by atoms with E-state index in [0.29, 0.717) is 18.8 Å². The largest absolute Gasteiger partial charge is 0.494 e. The van der Waals surface area contributed by atoms with Gasteiger partial charge < -0.3 is 39.6 Å². The second-order valence-electron chi connectivity index (χ2n) is 7.56. The summed E-state index contributed by atoms with van der Waals surface area (Å²) in [4.78, 5) is 3.23. The number of ether oxygens (including phenoxy) is 3. The predicted molar refractivity (Wildman–Crippen MR) is 113 cm³/mol. The number of aliphatic hydroxyl groups is 4. The minimum absolute atomic E-state index is 0.462. The van der Waals surface area contributed by atoms with E-state index in [1.807, 2.05) is 43.5 Å². The molecule has 1 fully saturated rings. The molecule has 0 radical (unpaired) electrons. The summed E-state index contributed by atoms with van der Waals surface area (Å²) in [5.41, 5.74) is 2.93. The van der Waals surface area contributed by atoms with E-state index in [-0.39, 0.29) is 0 Å². The Bertz CT molecular complexity index is 1000. The number of hydrogen-bond donors (Lipinski definition) is 5. The lowest BCUT2D eigenvalue weighted by Gasteiger charge is -2.39. The van der Waals surface area contributed by atoms with Gasteiger partial charge in [-0.2, -0.15) is 0 Å². The summed E-state index contributed by atoms with van der Waals surface area (Å²) in [5.74, 6) is 1.28. The molecule has 166 valence electrons. The van der Waals surface area contributed by atoms with Crippen LogP contribution in [0.25, 0.3) is 10.9 Å². The lowest BCUT2D eigenvalue weighted by atomic mass is 9.99. The molecular formula is C23H27NO7. The number of fused-ring (bicyclic) bond motifs is 1. The molecule has 5 N–H and O–H groups in total. The van der Waals surface area contributed by atoms with Crippen LogP contribution in [-0.4, -0.2) is 69.3 Å². The first-order valence-electron chi connectivity index (χ1n) is 10.3. The molecular weight excluding hydrogens is 402 g/mol. The van der Waals surface area contributed by atoms with Gasteiger partial charge in [-0.1, -0.05) is 18.2 Å². The molecule has 5 atom stereocenters. The Hall–Kier alpha value is -2.62. The maximum Gasteiger partial charge on any atom is 0.229 e. The van der Waals surface area contributed by atoms with E-state index in [9.17, 15) is 20.4 Å². The molecule has 8 nitrogen and oxygen atoms in total. The van der Waals surface area contributed by atoms with E-state index in [4.69, 9.17) is 14.2 Å². The summed E-state index contributed by atoms with van der Waals surface area (Å²) in [7, 11) is 0. The van der Waals surface area contributed by atoms with Crippen molar-refractivity contribution < 1.29 is 34.6 Å². The lowest BCUT2D eigenvalue weighted by molar-refractivity contribution is -0.277. The molecule has 0 spiro atoms. The second-order valence-corrected chi connectivity index (χ2v) is 7.56. The van der Waals surface area contributed by atoms with Crippen molar-refractivity contribution in [3.05, 3.63) is 59.8 Å². The second kappa shape index (κ2) is 9.25. The van der Waals surface area contributed by atoms with Gasteiger partial charge in [-0.05, 0) is 48.7 Å². The topological polar surface area (TPSA) is 124 Å². The third kappa shape index (κ3) is 4.39. The molecule has 1 saturated heterocycles. The van der Waals surface area contributed by atoms with Crippen molar-refractivity contribution in [1.29, 1.82) is 0 Å². The number of rotatable bonds is 7. The van der Waals surface area contributed by atoms with Crippen LogP contribution in [0.3, 0.4) is 0 Å². The van der Waals surface area contributed by atoms with E-state index in [1.54, 1.807) is 12.1 Å². The number of nitrogens with one attached hydrogen (secondary N) is 1. The van der Waals surface area contributed by atoms with E-state index in [1.165, 1.54) is 0 Å². The molecule has 3 aromatic rings. The van der Waals surface area contributed by atoms with Gasteiger partial charge in [0.1, 0.15) is 35.9 Å². The van der Waals surface area contributed by atoms with Crippen LogP contribution in [0.5, 0.6) is 11.5 Å². The standard InChI is InChI=1S/C23H27NO7/c1-2-29-15-8-6-13(7-9-15)10-14-11-24-16-4-3-5-17(19(14)16)30-23-22(28)21(27)20(26)18(12-25)31-23/h3-9,11,18,20-28H,2,10,12H2,1H3/t18-,20-,21+,22-,23-/m1/s1. The van der Waals surface area contributed by atoms with Gasteiger partial charge in [-0.15, -0.1) is 0 Å². The Morgan fingerprint density at radius 1 is 1.00 bits per heavy atom. The first-order chi connectivity index (χ1) is 15.0. The third-order valence-electron chi connectivity index (χ3n) is 5.47. The number of aromatic nitrogens is 1. The molecule has 1 aliphatic rings. The molecule has 0 unspecified atom stereocenters. The molecule has 1 aliphatic heterocycles. The fourth-order valence-corrected chi connectivity index (χ4v) is 3.84. The average Bonchev–Trinajstić information content (AvgIpc) is 3.19. The van der Waals surface area contributed by atoms with Gasteiger partial charge in [0.15, 0.2) is 0 Å². The molecule has 4 rings (SSSR count). The van der Waals surface area contributed by atoms with Crippen molar-refractivity contribution in [1.82, 2.24) is 4.98 Å². The molecule has 2 aromatic carbocycles. The van der Waals surface area contributed by atoms with Crippen molar-refractivity contribution in [3.8, 4) is 11.5 Å². The van der Waals surface area contributed by atoms with Crippen molar-refractivity contribution in [2.24, 2.45) is 0 Å². The Morgan fingerprint density at radius 2 is 1.77 bits per heavy atom. The SMILES string of the molecule is CCOc1ccc(Cc2c[nH]c3cccc(O[C@@H]4O[C@H](CO)[C@@H](O)[C@H](O)[C@H]4O)c23)cc1. The zero-order valence-corrected chi connectivity index (χ0v) is 17.1. The monoisotopic (exact) mass is 429 g/mol. The van der Waals surface area contributed by atoms with Gasteiger partial charge in [-0.25, -0.2) is 0 Å². The van der Waals surface area contributed by atoms with Crippen LogP contribution in [0.4, 0.5) is 0 Å².